The summed E-state index contributed by atoms with van der Waals surface area (Å²) in [6.07, 6.45) is 36.8. The first-order valence-electron chi connectivity index (χ1n) is 21.0. The van der Waals surface area contributed by atoms with Gasteiger partial charge in [0.15, 0.2) is 6.10 Å². The van der Waals surface area contributed by atoms with E-state index in [2.05, 4.69) is 20.8 Å². The Bertz CT molecular complexity index is 708. The van der Waals surface area contributed by atoms with Gasteiger partial charge < -0.3 is 14.2 Å². The molecule has 0 N–H and O–H groups in total. The van der Waals surface area contributed by atoms with Crippen molar-refractivity contribution in [2.24, 2.45) is 0 Å². The second kappa shape index (κ2) is 38.2. The third-order valence-corrected chi connectivity index (χ3v) is 9.36. The summed E-state index contributed by atoms with van der Waals surface area (Å²) in [5.41, 5.74) is 0. The molecule has 6 nitrogen and oxygen atoms in total. The maximum absolute atomic E-state index is 12.5. The lowest BCUT2D eigenvalue weighted by Gasteiger charge is -2.18. The highest BCUT2D eigenvalue weighted by atomic mass is 16.6. The van der Waals surface area contributed by atoms with Crippen molar-refractivity contribution in [1.29, 1.82) is 0 Å². The van der Waals surface area contributed by atoms with Crippen molar-refractivity contribution >= 4 is 17.9 Å². The van der Waals surface area contributed by atoms with E-state index >= 15 is 0 Å². The number of rotatable bonds is 38. The van der Waals surface area contributed by atoms with Crippen LogP contribution in [0.15, 0.2) is 0 Å². The van der Waals surface area contributed by atoms with E-state index in [0.717, 1.165) is 64.2 Å². The predicted octanol–water partition coefficient (Wildman–Crippen LogP) is 12.9. The van der Waals surface area contributed by atoms with E-state index in [1.54, 1.807) is 0 Å². The Hall–Kier alpha value is -1.59. The summed E-state index contributed by atoms with van der Waals surface area (Å²) < 4.78 is 16.5. The maximum Gasteiger partial charge on any atom is 0.306 e. The van der Waals surface area contributed by atoms with E-state index in [0.29, 0.717) is 19.3 Å². The molecule has 0 spiro atoms. The van der Waals surface area contributed by atoms with Gasteiger partial charge in [0.2, 0.25) is 0 Å². The molecule has 0 radical (unpaired) electrons. The molecule has 0 aromatic heterocycles. The summed E-state index contributed by atoms with van der Waals surface area (Å²) >= 11 is 0. The van der Waals surface area contributed by atoms with Crippen LogP contribution < -0.4 is 0 Å². The molecule has 0 rings (SSSR count). The highest BCUT2D eigenvalue weighted by Crippen LogP contribution is 2.15. The average molecular weight is 681 g/mol. The molecule has 0 saturated carbocycles. The average Bonchev–Trinajstić information content (AvgIpc) is 3.08. The summed E-state index contributed by atoms with van der Waals surface area (Å²) in [4.78, 5) is 37.3. The molecule has 0 bridgehead atoms. The van der Waals surface area contributed by atoms with E-state index < -0.39 is 6.10 Å². The number of hydrogen-bond acceptors (Lipinski definition) is 6. The van der Waals surface area contributed by atoms with Crippen molar-refractivity contribution in [2.75, 3.05) is 13.2 Å². The molecule has 0 aliphatic heterocycles. The van der Waals surface area contributed by atoms with Gasteiger partial charge in [-0.15, -0.1) is 0 Å². The van der Waals surface area contributed by atoms with Crippen LogP contribution in [0.1, 0.15) is 233 Å². The molecular weight excluding hydrogens is 600 g/mol. The highest BCUT2D eigenvalue weighted by Gasteiger charge is 2.19. The van der Waals surface area contributed by atoms with Gasteiger partial charge in [-0.2, -0.15) is 0 Å². The van der Waals surface area contributed by atoms with Crippen LogP contribution in [0.3, 0.4) is 0 Å². The molecule has 0 unspecified atom stereocenters. The van der Waals surface area contributed by atoms with Crippen molar-refractivity contribution in [1.82, 2.24) is 0 Å². The molecule has 0 heterocycles. The number of hydrogen-bond donors (Lipinski definition) is 0. The van der Waals surface area contributed by atoms with Gasteiger partial charge in [-0.1, -0.05) is 194 Å². The maximum atomic E-state index is 12.5. The topological polar surface area (TPSA) is 78.9 Å². The summed E-state index contributed by atoms with van der Waals surface area (Å²) in [6.45, 7) is 6.55. The summed E-state index contributed by atoms with van der Waals surface area (Å²) in [5, 5.41) is 0. The van der Waals surface area contributed by atoms with E-state index in [1.807, 2.05) is 0 Å². The van der Waals surface area contributed by atoms with Gasteiger partial charge >= 0.3 is 17.9 Å². The minimum absolute atomic E-state index is 0.0647. The molecule has 6 heteroatoms. The van der Waals surface area contributed by atoms with E-state index in [9.17, 15) is 14.4 Å². The number of carbonyl (C=O) groups is 3. The zero-order chi connectivity index (χ0) is 35.2. The molecular formula is C42H80O6. The van der Waals surface area contributed by atoms with E-state index in [4.69, 9.17) is 14.2 Å². The Morgan fingerprint density at radius 1 is 0.333 bits per heavy atom. The number of ether oxygens (including phenoxy) is 3. The fourth-order valence-electron chi connectivity index (χ4n) is 6.15. The lowest BCUT2D eigenvalue weighted by Crippen LogP contribution is -2.30. The second-order valence-electron chi connectivity index (χ2n) is 14.3. The van der Waals surface area contributed by atoms with Crippen molar-refractivity contribution in [3.63, 3.8) is 0 Å². The van der Waals surface area contributed by atoms with Gasteiger partial charge in [-0.05, 0) is 19.3 Å². The van der Waals surface area contributed by atoms with Crippen LogP contribution in [-0.4, -0.2) is 37.2 Å². The standard InChI is InChI=1S/C42H80O6/c1-4-7-10-13-15-17-19-20-21-23-25-27-30-32-35-41(44)47-38-39(48-42(45)36-33-28-12-9-6-3)37-46-40(43)34-31-29-26-24-22-18-16-14-11-8-5-2/h39H,4-38H2,1-3H3/t39-/m1/s1. The first-order chi connectivity index (χ1) is 23.5. The zero-order valence-corrected chi connectivity index (χ0v) is 32.3. The number of carbonyl (C=O) groups excluding carboxylic acids is 3. The number of unbranched alkanes of at least 4 members (excludes halogenated alkanes) is 27. The van der Waals surface area contributed by atoms with Gasteiger partial charge in [0, 0.05) is 19.3 Å². The van der Waals surface area contributed by atoms with Crippen LogP contribution in [0.25, 0.3) is 0 Å². The Labute approximate surface area is 298 Å². The summed E-state index contributed by atoms with van der Waals surface area (Å²) in [5.74, 6) is -0.872. The summed E-state index contributed by atoms with van der Waals surface area (Å²) in [6, 6.07) is 0. The first kappa shape index (κ1) is 46.4. The quantitative estimate of drug-likeness (QED) is 0.0367. The molecule has 0 fully saturated rings. The molecule has 1 atom stereocenters. The Balaban J connectivity index is 4.16. The Morgan fingerprint density at radius 3 is 0.833 bits per heavy atom. The predicted molar refractivity (Wildman–Crippen MR) is 201 cm³/mol. The van der Waals surface area contributed by atoms with Crippen molar-refractivity contribution in [3.05, 3.63) is 0 Å². The van der Waals surface area contributed by atoms with E-state index in [-0.39, 0.29) is 31.1 Å². The highest BCUT2D eigenvalue weighted by molar-refractivity contribution is 5.71. The molecule has 0 amide bonds. The second-order valence-corrected chi connectivity index (χ2v) is 14.3. The monoisotopic (exact) mass is 681 g/mol. The van der Waals surface area contributed by atoms with Crippen molar-refractivity contribution in [3.8, 4) is 0 Å². The Morgan fingerprint density at radius 2 is 0.562 bits per heavy atom. The van der Waals surface area contributed by atoms with Crippen LogP contribution in [-0.2, 0) is 28.6 Å². The molecule has 48 heavy (non-hydrogen) atoms. The molecule has 0 aliphatic carbocycles. The lowest BCUT2D eigenvalue weighted by molar-refractivity contribution is -0.167. The molecule has 0 aromatic rings. The fourth-order valence-corrected chi connectivity index (χ4v) is 6.15. The molecule has 0 aliphatic rings. The van der Waals surface area contributed by atoms with Gasteiger partial charge in [0.05, 0.1) is 0 Å². The van der Waals surface area contributed by atoms with Crippen LogP contribution in [0.4, 0.5) is 0 Å². The lowest BCUT2D eigenvalue weighted by atomic mass is 10.0. The third kappa shape index (κ3) is 35.7. The van der Waals surface area contributed by atoms with Crippen LogP contribution in [0.5, 0.6) is 0 Å². The van der Waals surface area contributed by atoms with Crippen LogP contribution >= 0.6 is 0 Å². The fraction of sp³-hybridized carbons (Fsp3) is 0.929. The SMILES string of the molecule is CCCCCCCCCCCCCCCCC(=O)OC[C@@H](COC(=O)CCCCCCCCCCCCC)OC(=O)CCCCCCC. The number of esters is 3. The Kier molecular flexibility index (Phi) is 36.9. The minimum atomic E-state index is -0.755. The minimum Gasteiger partial charge on any atom is -0.462 e. The molecule has 0 saturated heterocycles. The zero-order valence-electron chi connectivity index (χ0n) is 32.3. The van der Waals surface area contributed by atoms with Gasteiger partial charge in [-0.25, -0.2) is 0 Å². The summed E-state index contributed by atoms with van der Waals surface area (Å²) in [7, 11) is 0. The van der Waals surface area contributed by atoms with Crippen molar-refractivity contribution in [2.45, 2.75) is 239 Å². The van der Waals surface area contributed by atoms with Gasteiger partial charge in [-0.3, -0.25) is 14.4 Å². The van der Waals surface area contributed by atoms with Crippen LogP contribution in [0.2, 0.25) is 0 Å². The van der Waals surface area contributed by atoms with E-state index in [1.165, 1.54) is 128 Å². The smallest absolute Gasteiger partial charge is 0.306 e. The van der Waals surface area contributed by atoms with Crippen LogP contribution in [0, 0.1) is 0 Å². The van der Waals surface area contributed by atoms with Gasteiger partial charge in [0.1, 0.15) is 13.2 Å². The largest absolute Gasteiger partial charge is 0.462 e. The van der Waals surface area contributed by atoms with Gasteiger partial charge in [0.25, 0.3) is 0 Å². The third-order valence-electron chi connectivity index (χ3n) is 9.36. The molecule has 0 aromatic carbocycles. The first-order valence-corrected chi connectivity index (χ1v) is 21.0. The van der Waals surface area contributed by atoms with Crippen molar-refractivity contribution < 1.29 is 28.6 Å². The molecule has 284 valence electrons. The normalized spacial score (nSPS) is 11.8.